The van der Waals surface area contributed by atoms with Gasteiger partial charge in [0.25, 0.3) is 5.91 Å². The molecule has 0 aliphatic carbocycles. The Morgan fingerprint density at radius 1 is 1.14 bits per heavy atom. The molecule has 1 aliphatic rings. The number of nitrogens with zero attached hydrogens (tertiary/aromatic N) is 2. The van der Waals surface area contributed by atoms with Crippen molar-refractivity contribution in [2.24, 2.45) is 0 Å². The predicted octanol–water partition coefficient (Wildman–Crippen LogP) is 2.06. The average molecular weight is 303 g/mol. The molecule has 0 spiro atoms. The van der Waals surface area contributed by atoms with E-state index in [2.05, 4.69) is 22.2 Å². The van der Waals surface area contributed by atoms with Crippen LogP contribution in [0.3, 0.4) is 0 Å². The largest absolute Gasteiger partial charge is 0.352 e. The number of nitrogens with one attached hydrogen (secondary N) is 1. The van der Waals surface area contributed by atoms with Gasteiger partial charge in [-0.1, -0.05) is 17.7 Å². The number of piperazine rings is 1. The number of rotatable bonds is 6. The van der Waals surface area contributed by atoms with Gasteiger partial charge in [0, 0.05) is 38.3 Å². The molecule has 4 heteroatoms. The fourth-order valence-electron chi connectivity index (χ4n) is 2.81. The molecule has 0 bridgehead atoms. The Morgan fingerprint density at radius 3 is 2.59 bits per heavy atom. The second kappa shape index (κ2) is 8.30. The zero-order valence-corrected chi connectivity index (χ0v) is 14.2. The van der Waals surface area contributed by atoms with E-state index in [1.54, 1.807) is 0 Å². The topological polar surface area (TPSA) is 35.6 Å². The van der Waals surface area contributed by atoms with Crippen molar-refractivity contribution in [3.63, 3.8) is 0 Å². The SMILES string of the molecule is Cc1ccc(C)c(C(=O)NCCCCN2CCN(C)CC2)c1. The number of hydrogen-bond acceptors (Lipinski definition) is 3. The van der Waals surface area contributed by atoms with Gasteiger partial charge in [0.2, 0.25) is 0 Å². The van der Waals surface area contributed by atoms with Crippen LogP contribution in [-0.4, -0.2) is 62.0 Å². The highest BCUT2D eigenvalue weighted by Crippen LogP contribution is 2.10. The van der Waals surface area contributed by atoms with Gasteiger partial charge in [0.15, 0.2) is 0 Å². The Labute approximate surface area is 134 Å². The number of likely N-dealkylation sites (N-methyl/N-ethyl adjacent to an activating group) is 1. The first-order valence-electron chi connectivity index (χ1n) is 8.32. The summed E-state index contributed by atoms with van der Waals surface area (Å²) in [5, 5.41) is 3.05. The van der Waals surface area contributed by atoms with Crippen molar-refractivity contribution in [2.75, 3.05) is 46.3 Å². The summed E-state index contributed by atoms with van der Waals surface area (Å²) < 4.78 is 0. The third-order valence-corrected chi connectivity index (χ3v) is 4.42. The fraction of sp³-hybridized carbons (Fsp3) is 0.611. The molecule has 0 unspecified atom stereocenters. The van der Waals surface area contributed by atoms with E-state index in [0.29, 0.717) is 0 Å². The van der Waals surface area contributed by atoms with Crippen LogP contribution in [0.4, 0.5) is 0 Å². The zero-order chi connectivity index (χ0) is 15.9. The van der Waals surface area contributed by atoms with E-state index in [-0.39, 0.29) is 5.91 Å². The lowest BCUT2D eigenvalue weighted by Gasteiger charge is -2.32. The van der Waals surface area contributed by atoms with Crippen LogP contribution in [0.15, 0.2) is 18.2 Å². The van der Waals surface area contributed by atoms with E-state index in [1.807, 2.05) is 32.0 Å². The number of benzene rings is 1. The molecule has 1 N–H and O–H groups in total. The minimum Gasteiger partial charge on any atom is -0.352 e. The maximum absolute atomic E-state index is 12.2. The van der Waals surface area contributed by atoms with Crippen LogP contribution in [-0.2, 0) is 0 Å². The number of amides is 1. The molecule has 122 valence electrons. The van der Waals surface area contributed by atoms with Crippen molar-refractivity contribution in [1.29, 1.82) is 0 Å². The summed E-state index contributed by atoms with van der Waals surface area (Å²) in [6, 6.07) is 6.02. The van der Waals surface area contributed by atoms with Crippen LogP contribution >= 0.6 is 0 Å². The highest BCUT2D eigenvalue weighted by molar-refractivity contribution is 5.95. The van der Waals surface area contributed by atoms with Crippen molar-refractivity contribution in [3.8, 4) is 0 Å². The highest BCUT2D eigenvalue weighted by atomic mass is 16.1. The predicted molar refractivity (Wildman–Crippen MR) is 91.4 cm³/mol. The average Bonchev–Trinajstić information content (AvgIpc) is 2.51. The van der Waals surface area contributed by atoms with Crippen molar-refractivity contribution in [1.82, 2.24) is 15.1 Å². The van der Waals surface area contributed by atoms with Crippen LogP contribution in [0, 0.1) is 13.8 Å². The van der Waals surface area contributed by atoms with Gasteiger partial charge in [-0.3, -0.25) is 4.79 Å². The molecular formula is C18H29N3O. The molecular weight excluding hydrogens is 274 g/mol. The van der Waals surface area contributed by atoms with Gasteiger partial charge in [-0.25, -0.2) is 0 Å². The minimum atomic E-state index is 0.0563. The third-order valence-electron chi connectivity index (χ3n) is 4.42. The first kappa shape index (κ1) is 17.0. The summed E-state index contributed by atoms with van der Waals surface area (Å²) in [6.07, 6.45) is 2.19. The molecule has 1 amide bonds. The van der Waals surface area contributed by atoms with E-state index >= 15 is 0 Å². The van der Waals surface area contributed by atoms with Gasteiger partial charge in [0.05, 0.1) is 0 Å². The maximum atomic E-state index is 12.2. The summed E-state index contributed by atoms with van der Waals surface area (Å²) in [5.74, 6) is 0.0563. The second-order valence-corrected chi connectivity index (χ2v) is 6.43. The lowest BCUT2D eigenvalue weighted by molar-refractivity contribution is 0.0951. The summed E-state index contributed by atoms with van der Waals surface area (Å²) in [5.41, 5.74) is 2.98. The summed E-state index contributed by atoms with van der Waals surface area (Å²) in [4.78, 5) is 17.1. The summed E-state index contributed by atoms with van der Waals surface area (Å²) >= 11 is 0. The third kappa shape index (κ3) is 5.11. The molecule has 0 radical (unpaired) electrons. The Bertz CT molecular complexity index is 493. The van der Waals surface area contributed by atoms with Crippen LogP contribution in [0.25, 0.3) is 0 Å². The number of carbonyl (C=O) groups is 1. The zero-order valence-electron chi connectivity index (χ0n) is 14.2. The lowest BCUT2D eigenvalue weighted by atomic mass is 10.1. The number of hydrogen-bond donors (Lipinski definition) is 1. The molecule has 0 saturated carbocycles. The number of aryl methyl sites for hydroxylation is 2. The van der Waals surface area contributed by atoms with Gasteiger partial charge in [-0.15, -0.1) is 0 Å². The lowest BCUT2D eigenvalue weighted by Crippen LogP contribution is -2.44. The van der Waals surface area contributed by atoms with Crippen molar-refractivity contribution >= 4 is 5.91 Å². The van der Waals surface area contributed by atoms with Crippen LogP contribution < -0.4 is 5.32 Å². The van der Waals surface area contributed by atoms with E-state index < -0.39 is 0 Å². The summed E-state index contributed by atoms with van der Waals surface area (Å²) in [7, 11) is 2.18. The maximum Gasteiger partial charge on any atom is 0.251 e. The molecule has 1 fully saturated rings. The quantitative estimate of drug-likeness (QED) is 0.817. The van der Waals surface area contributed by atoms with Crippen molar-refractivity contribution in [3.05, 3.63) is 34.9 Å². The van der Waals surface area contributed by atoms with Gasteiger partial charge in [-0.2, -0.15) is 0 Å². The Morgan fingerprint density at radius 2 is 1.86 bits per heavy atom. The van der Waals surface area contributed by atoms with Gasteiger partial charge < -0.3 is 15.1 Å². The molecule has 1 saturated heterocycles. The molecule has 22 heavy (non-hydrogen) atoms. The molecule has 1 aliphatic heterocycles. The Hall–Kier alpha value is -1.39. The first-order valence-corrected chi connectivity index (χ1v) is 8.32. The monoisotopic (exact) mass is 303 g/mol. The molecule has 4 nitrogen and oxygen atoms in total. The Kier molecular flexibility index (Phi) is 6.40. The van der Waals surface area contributed by atoms with E-state index in [0.717, 1.165) is 42.6 Å². The molecule has 1 aromatic carbocycles. The molecule has 1 aromatic rings. The summed E-state index contributed by atoms with van der Waals surface area (Å²) in [6.45, 7) is 10.6. The highest BCUT2D eigenvalue weighted by Gasteiger charge is 2.13. The molecule has 0 aromatic heterocycles. The standard InChI is InChI=1S/C18H29N3O/c1-15-6-7-16(2)17(14-15)18(22)19-8-4-5-9-21-12-10-20(3)11-13-21/h6-7,14H,4-5,8-13H2,1-3H3,(H,19,22). The minimum absolute atomic E-state index is 0.0563. The first-order chi connectivity index (χ1) is 10.6. The molecule has 0 atom stereocenters. The van der Waals surface area contributed by atoms with Crippen LogP contribution in [0.2, 0.25) is 0 Å². The van der Waals surface area contributed by atoms with Gasteiger partial charge in [0.1, 0.15) is 0 Å². The van der Waals surface area contributed by atoms with Crippen LogP contribution in [0.1, 0.15) is 34.3 Å². The smallest absolute Gasteiger partial charge is 0.251 e. The van der Waals surface area contributed by atoms with Gasteiger partial charge >= 0.3 is 0 Å². The van der Waals surface area contributed by atoms with Crippen molar-refractivity contribution < 1.29 is 4.79 Å². The number of carbonyl (C=O) groups excluding carboxylic acids is 1. The van der Waals surface area contributed by atoms with Crippen molar-refractivity contribution in [2.45, 2.75) is 26.7 Å². The van der Waals surface area contributed by atoms with Gasteiger partial charge in [-0.05, 0) is 51.9 Å². The number of unbranched alkanes of at least 4 members (excludes halogenated alkanes) is 1. The van der Waals surface area contributed by atoms with E-state index in [4.69, 9.17) is 0 Å². The molecule has 2 rings (SSSR count). The second-order valence-electron chi connectivity index (χ2n) is 6.43. The van der Waals surface area contributed by atoms with E-state index in [9.17, 15) is 4.79 Å². The normalized spacial score (nSPS) is 16.7. The van der Waals surface area contributed by atoms with Crippen LogP contribution in [0.5, 0.6) is 0 Å². The molecule has 1 heterocycles. The Balaban J connectivity index is 1.64. The fourth-order valence-corrected chi connectivity index (χ4v) is 2.81. The van der Waals surface area contributed by atoms with E-state index in [1.165, 1.54) is 26.2 Å².